The first kappa shape index (κ1) is 19.2. The molecule has 6 heteroatoms. The second kappa shape index (κ2) is 7.70. The average molecular weight is 392 g/mol. The number of benzene rings is 1. The highest BCUT2D eigenvalue weighted by atomic mass is 16.4. The van der Waals surface area contributed by atoms with Gasteiger partial charge in [0.1, 0.15) is 0 Å². The number of aliphatic imine (C=N–C) groups is 1. The number of fused-ring (bicyclic) bond motifs is 5. The molecule has 29 heavy (non-hydrogen) atoms. The number of aliphatic carboxylic acids is 2. The van der Waals surface area contributed by atoms with Crippen LogP contribution in [0.4, 0.5) is 0 Å². The largest absolute Gasteiger partial charge is 0.478 e. The van der Waals surface area contributed by atoms with Crippen molar-refractivity contribution in [3.8, 4) is 11.3 Å². The van der Waals surface area contributed by atoms with Crippen LogP contribution in [-0.4, -0.2) is 39.0 Å². The number of aromatic nitrogens is 1. The normalized spacial score (nSPS) is 16.8. The smallest absolute Gasteiger partial charge is 0.328 e. The van der Waals surface area contributed by atoms with E-state index >= 15 is 0 Å². The predicted octanol–water partition coefficient (Wildman–Crippen LogP) is 3.67. The van der Waals surface area contributed by atoms with Crippen molar-refractivity contribution in [2.45, 2.75) is 45.1 Å². The average Bonchev–Trinajstić information content (AvgIpc) is 3.47. The minimum atomic E-state index is -1.26. The zero-order valence-electron chi connectivity index (χ0n) is 16.4. The Morgan fingerprint density at radius 3 is 2.41 bits per heavy atom. The fourth-order valence-corrected chi connectivity index (χ4v) is 4.18. The molecule has 2 N–H and O–H groups in total. The summed E-state index contributed by atoms with van der Waals surface area (Å²) in [5, 5.41) is 15.6. The molecule has 2 aliphatic carbocycles. The molecule has 0 bridgehead atoms. The lowest BCUT2D eigenvalue weighted by molar-refractivity contribution is -0.134. The van der Waals surface area contributed by atoms with E-state index in [-0.39, 0.29) is 0 Å². The van der Waals surface area contributed by atoms with Gasteiger partial charge in [0, 0.05) is 24.3 Å². The summed E-state index contributed by atoms with van der Waals surface area (Å²) in [6.45, 7) is 4.11. The summed E-state index contributed by atoms with van der Waals surface area (Å²) in [5.41, 5.74) is 10.1. The van der Waals surface area contributed by atoms with E-state index < -0.39 is 11.9 Å². The molecule has 0 amide bonds. The maximum absolute atomic E-state index is 9.55. The van der Waals surface area contributed by atoms with Gasteiger partial charge >= 0.3 is 11.9 Å². The SMILES string of the molecule is CC1=NCCn2c1cc1c2-c2ccc(C3CC3)cc2CC1.O=C(O)C=CC(=O)O. The van der Waals surface area contributed by atoms with Crippen molar-refractivity contribution in [1.29, 1.82) is 0 Å². The van der Waals surface area contributed by atoms with Gasteiger partial charge in [-0.15, -0.1) is 0 Å². The highest BCUT2D eigenvalue weighted by Gasteiger charge is 2.28. The fraction of sp³-hybridized carbons (Fsp3) is 0.348. The molecule has 150 valence electrons. The van der Waals surface area contributed by atoms with Crippen LogP contribution in [0.2, 0.25) is 0 Å². The molecule has 1 aliphatic heterocycles. The highest BCUT2D eigenvalue weighted by Crippen LogP contribution is 2.43. The van der Waals surface area contributed by atoms with Crippen LogP contribution < -0.4 is 0 Å². The molecule has 6 nitrogen and oxygen atoms in total. The van der Waals surface area contributed by atoms with Gasteiger partial charge in [0.05, 0.1) is 23.6 Å². The molecule has 0 spiro atoms. The second-order valence-electron chi connectivity index (χ2n) is 7.72. The zero-order valence-corrected chi connectivity index (χ0v) is 16.4. The summed E-state index contributed by atoms with van der Waals surface area (Å²) in [6, 6.07) is 9.62. The summed E-state index contributed by atoms with van der Waals surface area (Å²) < 4.78 is 2.51. The minimum absolute atomic E-state index is 0.558. The molecule has 5 rings (SSSR count). The van der Waals surface area contributed by atoms with E-state index in [0.29, 0.717) is 12.2 Å². The van der Waals surface area contributed by atoms with Gasteiger partial charge in [-0.3, -0.25) is 4.99 Å². The van der Waals surface area contributed by atoms with E-state index in [2.05, 4.69) is 40.7 Å². The number of hydrogen-bond acceptors (Lipinski definition) is 3. The molecular weight excluding hydrogens is 368 g/mol. The lowest BCUT2D eigenvalue weighted by Gasteiger charge is -2.22. The van der Waals surface area contributed by atoms with E-state index in [4.69, 9.17) is 10.2 Å². The first-order chi connectivity index (χ1) is 13.9. The Hall–Kier alpha value is -3.15. The number of carboxylic acid groups (broad SMARTS) is 2. The number of hydrogen-bond donors (Lipinski definition) is 2. The standard InChI is InChI=1S/C19H20N2.C4H4O4/c1-12-18-11-16-5-4-15-10-14(13-2-3-13)6-7-17(15)19(16)21(18)9-8-20-12;5-3(6)1-2-4(7)8/h6-7,10-11,13H,2-5,8-9H2,1H3;1-2H,(H,5,6)(H,7,8). The third kappa shape index (κ3) is 4.01. The first-order valence-corrected chi connectivity index (χ1v) is 9.95. The van der Waals surface area contributed by atoms with Crippen molar-refractivity contribution in [3.05, 3.63) is 58.8 Å². The van der Waals surface area contributed by atoms with E-state index in [1.54, 1.807) is 11.1 Å². The van der Waals surface area contributed by atoms with Gasteiger partial charge in [0.15, 0.2) is 0 Å². The Kier molecular flexibility index (Phi) is 5.09. The van der Waals surface area contributed by atoms with Crippen LogP contribution in [0.1, 0.15) is 48.1 Å². The zero-order chi connectivity index (χ0) is 20.5. The van der Waals surface area contributed by atoms with E-state index in [1.807, 2.05) is 0 Å². The summed E-state index contributed by atoms with van der Waals surface area (Å²) >= 11 is 0. The molecule has 2 aromatic rings. The first-order valence-electron chi connectivity index (χ1n) is 9.95. The van der Waals surface area contributed by atoms with Gasteiger partial charge in [-0.1, -0.05) is 18.2 Å². The van der Waals surface area contributed by atoms with Crippen molar-refractivity contribution in [3.63, 3.8) is 0 Å². The lowest BCUT2D eigenvalue weighted by Crippen LogP contribution is -2.17. The number of carbonyl (C=O) groups is 2. The topological polar surface area (TPSA) is 91.9 Å². The highest BCUT2D eigenvalue weighted by molar-refractivity contribution is 5.99. The second-order valence-corrected chi connectivity index (χ2v) is 7.72. The molecule has 3 aliphatic rings. The molecule has 0 atom stereocenters. The summed E-state index contributed by atoms with van der Waals surface area (Å²) in [6.07, 6.45) is 6.28. The van der Waals surface area contributed by atoms with Crippen molar-refractivity contribution in [2.24, 2.45) is 4.99 Å². The molecule has 2 heterocycles. The number of nitrogens with zero attached hydrogens (tertiary/aromatic N) is 2. The van der Waals surface area contributed by atoms with Gasteiger partial charge in [-0.25, -0.2) is 9.59 Å². The van der Waals surface area contributed by atoms with Gasteiger partial charge in [-0.05, 0) is 61.3 Å². The monoisotopic (exact) mass is 392 g/mol. The van der Waals surface area contributed by atoms with Crippen LogP contribution in [0.3, 0.4) is 0 Å². The molecule has 0 unspecified atom stereocenters. The number of aryl methyl sites for hydroxylation is 2. The van der Waals surface area contributed by atoms with Crippen LogP contribution in [0, 0.1) is 0 Å². The molecule has 0 radical (unpaired) electrons. The van der Waals surface area contributed by atoms with Crippen molar-refractivity contribution >= 4 is 17.7 Å². The van der Waals surface area contributed by atoms with Crippen LogP contribution in [0.5, 0.6) is 0 Å². The Labute approximate surface area is 169 Å². The summed E-state index contributed by atoms with van der Waals surface area (Å²) in [4.78, 5) is 23.7. The number of rotatable bonds is 3. The quantitative estimate of drug-likeness (QED) is 0.780. The van der Waals surface area contributed by atoms with Crippen LogP contribution in [0.15, 0.2) is 41.4 Å². The molecule has 1 fully saturated rings. The molecule has 1 aromatic heterocycles. The van der Waals surface area contributed by atoms with E-state index in [9.17, 15) is 9.59 Å². The fourth-order valence-electron chi connectivity index (χ4n) is 4.18. The van der Waals surface area contributed by atoms with Crippen molar-refractivity contribution in [1.82, 2.24) is 4.57 Å². The Morgan fingerprint density at radius 1 is 1.07 bits per heavy atom. The summed E-state index contributed by atoms with van der Waals surface area (Å²) in [5.74, 6) is -1.66. The van der Waals surface area contributed by atoms with Crippen LogP contribution in [0.25, 0.3) is 11.3 Å². The Bertz CT molecular complexity index is 1030. The van der Waals surface area contributed by atoms with Gasteiger partial charge in [0.25, 0.3) is 0 Å². The van der Waals surface area contributed by atoms with Crippen molar-refractivity contribution < 1.29 is 19.8 Å². The minimum Gasteiger partial charge on any atom is -0.478 e. The Morgan fingerprint density at radius 2 is 1.76 bits per heavy atom. The summed E-state index contributed by atoms with van der Waals surface area (Å²) in [7, 11) is 0. The number of carboxylic acids is 2. The maximum Gasteiger partial charge on any atom is 0.328 e. The van der Waals surface area contributed by atoms with Gasteiger partial charge in [-0.2, -0.15) is 0 Å². The lowest BCUT2D eigenvalue weighted by atomic mass is 9.88. The maximum atomic E-state index is 9.55. The van der Waals surface area contributed by atoms with Crippen molar-refractivity contribution in [2.75, 3.05) is 6.54 Å². The molecule has 0 saturated heterocycles. The third-order valence-electron chi connectivity index (χ3n) is 5.68. The molecular formula is C23H24N2O4. The Balaban J connectivity index is 0.000000221. The van der Waals surface area contributed by atoms with Crippen LogP contribution in [-0.2, 0) is 29.0 Å². The molecule has 1 saturated carbocycles. The van der Waals surface area contributed by atoms with E-state index in [1.165, 1.54) is 53.9 Å². The molecule has 1 aromatic carbocycles. The van der Waals surface area contributed by atoms with E-state index in [0.717, 1.165) is 19.0 Å². The van der Waals surface area contributed by atoms with Gasteiger partial charge < -0.3 is 14.8 Å². The van der Waals surface area contributed by atoms with Gasteiger partial charge in [0.2, 0.25) is 0 Å². The van der Waals surface area contributed by atoms with Crippen LogP contribution >= 0.6 is 0 Å². The predicted molar refractivity (Wildman–Crippen MR) is 111 cm³/mol. The third-order valence-corrected chi connectivity index (χ3v) is 5.68.